The molecule has 0 radical (unpaired) electrons. The summed E-state index contributed by atoms with van der Waals surface area (Å²) < 4.78 is 0. The number of amidine groups is 1. The van der Waals surface area contributed by atoms with Crippen LogP contribution >= 0.6 is 23.8 Å². The van der Waals surface area contributed by atoms with Gasteiger partial charge in [0.05, 0.1) is 17.2 Å². The lowest BCUT2D eigenvalue weighted by atomic mass is 10.0. The number of amides is 1. The molecule has 7 nitrogen and oxygen atoms in total. The van der Waals surface area contributed by atoms with Gasteiger partial charge in [0.1, 0.15) is 0 Å². The van der Waals surface area contributed by atoms with E-state index in [9.17, 15) is 4.79 Å². The lowest BCUT2D eigenvalue weighted by molar-refractivity contribution is -0.119. The van der Waals surface area contributed by atoms with E-state index in [1.165, 1.54) is 0 Å². The fourth-order valence-electron chi connectivity index (χ4n) is 4.00. The van der Waals surface area contributed by atoms with E-state index in [1.807, 2.05) is 47.4 Å². The molecular formula is C23H25ClN6OS. The van der Waals surface area contributed by atoms with Crippen molar-refractivity contribution in [3.05, 3.63) is 64.7 Å². The Morgan fingerprint density at radius 2 is 1.97 bits per heavy atom. The molecule has 32 heavy (non-hydrogen) atoms. The third kappa shape index (κ3) is 4.61. The van der Waals surface area contributed by atoms with Crippen molar-refractivity contribution in [3.8, 4) is 0 Å². The molecule has 0 bridgehead atoms. The number of benzene rings is 2. The van der Waals surface area contributed by atoms with E-state index >= 15 is 0 Å². The Morgan fingerprint density at radius 1 is 1.22 bits per heavy atom. The van der Waals surface area contributed by atoms with Gasteiger partial charge < -0.3 is 20.4 Å². The highest BCUT2D eigenvalue weighted by Gasteiger charge is 2.31. The van der Waals surface area contributed by atoms with Crippen molar-refractivity contribution < 1.29 is 4.79 Å². The lowest BCUT2D eigenvalue weighted by Crippen LogP contribution is -2.51. The molecule has 1 saturated heterocycles. The Balaban J connectivity index is 1.62. The Kier molecular flexibility index (Phi) is 6.43. The van der Waals surface area contributed by atoms with Crippen molar-refractivity contribution in [1.82, 2.24) is 15.5 Å². The number of halogens is 1. The van der Waals surface area contributed by atoms with Crippen LogP contribution in [-0.4, -0.2) is 59.8 Å². The molecular weight excluding hydrogens is 444 g/mol. The minimum Gasteiger partial charge on any atom is -0.359 e. The molecule has 0 saturated carbocycles. The number of rotatable bonds is 3. The normalized spacial score (nSPS) is 20.3. The second kappa shape index (κ2) is 9.26. The minimum absolute atomic E-state index is 0.113. The zero-order chi connectivity index (χ0) is 22.8. The fraction of sp³-hybridized carbons (Fsp3) is 0.304. The number of fused-ring (bicyclic) bond motifs is 1. The topological polar surface area (TPSA) is 83.8 Å². The number of carbonyl (C=O) groups is 1. The number of anilines is 1. The van der Waals surface area contributed by atoms with Crippen LogP contribution < -0.4 is 15.5 Å². The van der Waals surface area contributed by atoms with Gasteiger partial charge in [-0.2, -0.15) is 0 Å². The number of thiocarbonyl (C=S) groups is 1. The summed E-state index contributed by atoms with van der Waals surface area (Å²) in [6.07, 6.45) is -0.0117. The number of aliphatic imine (C=N–C) groups is 1. The Hall–Kier alpha value is -2.97. The molecule has 2 aromatic rings. The maximum atomic E-state index is 13.3. The molecule has 2 aromatic carbocycles. The van der Waals surface area contributed by atoms with Crippen LogP contribution in [0.15, 0.2) is 53.5 Å². The molecule has 3 N–H and O–H groups in total. The first-order valence-electron chi connectivity index (χ1n) is 10.4. The van der Waals surface area contributed by atoms with Crippen molar-refractivity contribution in [2.45, 2.75) is 25.6 Å². The predicted molar refractivity (Wildman–Crippen MR) is 133 cm³/mol. The maximum Gasteiger partial charge on any atom is 0.272 e. The summed E-state index contributed by atoms with van der Waals surface area (Å²) in [5, 5.41) is 15.1. The molecule has 9 heteroatoms. The van der Waals surface area contributed by atoms with Crippen molar-refractivity contribution in [2.75, 3.05) is 25.0 Å². The van der Waals surface area contributed by atoms with E-state index in [2.05, 4.69) is 10.6 Å². The Morgan fingerprint density at radius 3 is 2.66 bits per heavy atom. The van der Waals surface area contributed by atoms with E-state index in [4.69, 9.17) is 34.2 Å². The molecule has 0 aliphatic carbocycles. The number of likely N-dealkylation sites (tertiary alicyclic amines) is 1. The van der Waals surface area contributed by atoms with Crippen molar-refractivity contribution >= 4 is 52.1 Å². The molecule has 166 valence electrons. The van der Waals surface area contributed by atoms with Crippen LogP contribution in [0, 0.1) is 5.41 Å². The van der Waals surface area contributed by atoms with Crippen LogP contribution in [0.2, 0.25) is 5.02 Å². The second-order valence-corrected chi connectivity index (χ2v) is 8.78. The highest BCUT2D eigenvalue weighted by Crippen LogP contribution is 2.29. The van der Waals surface area contributed by atoms with Gasteiger partial charge in [0.25, 0.3) is 5.91 Å². The van der Waals surface area contributed by atoms with Crippen LogP contribution in [0.5, 0.6) is 0 Å². The lowest BCUT2D eigenvalue weighted by Gasteiger charge is -2.23. The van der Waals surface area contributed by atoms with Crippen molar-refractivity contribution in [1.29, 1.82) is 5.41 Å². The van der Waals surface area contributed by atoms with Crippen LogP contribution in [-0.2, 0) is 4.79 Å². The SMILES string of the molecule is CC(=N)N1CCC(NC(=S)NC2N=C(c3ccccc3)c3cc(Cl)ccc3N(C)C2=O)C1. The molecule has 0 spiro atoms. The van der Waals surface area contributed by atoms with Gasteiger partial charge in [-0.15, -0.1) is 0 Å². The Bertz CT molecular complexity index is 1090. The fourth-order valence-corrected chi connectivity index (χ4v) is 4.45. The molecule has 4 rings (SSSR count). The summed E-state index contributed by atoms with van der Waals surface area (Å²) in [6.45, 7) is 3.30. The van der Waals surface area contributed by atoms with E-state index in [-0.39, 0.29) is 11.9 Å². The average molecular weight is 469 g/mol. The average Bonchev–Trinajstić information content (AvgIpc) is 3.21. The van der Waals surface area contributed by atoms with Gasteiger partial charge in [-0.25, -0.2) is 4.99 Å². The summed E-state index contributed by atoms with van der Waals surface area (Å²) in [5.74, 6) is 0.328. The van der Waals surface area contributed by atoms with Crippen molar-refractivity contribution in [3.63, 3.8) is 0 Å². The third-order valence-corrected chi connectivity index (χ3v) is 6.18. The molecule has 2 aliphatic heterocycles. The maximum absolute atomic E-state index is 13.3. The van der Waals surface area contributed by atoms with E-state index < -0.39 is 6.17 Å². The Labute approximate surface area is 198 Å². The molecule has 1 fully saturated rings. The molecule has 2 atom stereocenters. The van der Waals surface area contributed by atoms with Gasteiger partial charge in [-0.05, 0) is 43.8 Å². The molecule has 2 aliphatic rings. The van der Waals surface area contributed by atoms with E-state index in [1.54, 1.807) is 24.9 Å². The number of likely N-dealkylation sites (N-methyl/N-ethyl adjacent to an activating group) is 1. The number of nitrogens with zero attached hydrogens (tertiary/aromatic N) is 3. The second-order valence-electron chi connectivity index (χ2n) is 7.94. The summed E-state index contributed by atoms with van der Waals surface area (Å²) in [7, 11) is 1.73. The van der Waals surface area contributed by atoms with Gasteiger partial charge >= 0.3 is 0 Å². The largest absolute Gasteiger partial charge is 0.359 e. The molecule has 2 unspecified atom stereocenters. The zero-order valence-electron chi connectivity index (χ0n) is 17.9. The monoisotopic (exact) mass is 468 g/mol. The molecule has 0 aromatic heterocycles. The number of hydrogen-bond acceptors (Lipinski definition) is 4. The standard InChI is InChI=1S/C23H25ClN6OS/c1-14(25)30-11-10-17(13-30)26-23(32)28-21-22(31)29(2)19-9-8-16(24)12-18(19)20(27-21)15-6-4-3-5-7-15/h3-9,12,17,21,25H,10-11,13H2,1-2H3,(H2,26,28,32). The van der Waals surface area contributed by atoms with Crippen LogP contribution in [0.1, 0.15) is 24.5 Å². The number of hydrogen-bond donors (Lipinski definition) is 3. The van der Waals surface area contributed by atoms with E-state index in [0.717, 1.165) is 29.8 Å². The van der Waals surface area contributed by atoms with Gasteiger partial charge in [0.2, 0.25) is 6.17 Å². The smallest absolute Gasteiger partial charge is 0.272 e. The van der Waals surface area contributed by atoms with Crippen molar-refractivity contribution in [2.24, 2.45) is 4.99 Å². The van der Waals surface area contributed by atoms with Crippen LogP contribution in [0.3, 0.4) is 0 Å². The number of nitrogens with one attached hydrogen (secondary N) is 3. The minimum atomic E-state index is -0.886. The molecule has 2 heterocycles. The third-order valence-electron chi connectivity index (χ3n) is 5.71. The van der Waals surface area contributed by atoms with Gasteiger partial charge in [0, 0.05) is 42.3 Å². The van der Waals surface area contributed by atoms with Gasteiger partial charge in [-0.3, -0.25) is 10.2 Å². The van der Waals surface area contributed by atoms with Crippen LogP contribution in [0.4, 0.5) is 5.69 Å². The highest BCUT2D eigenvalue weighted by atomic mass is 35.5. The summed E-state index contributed by atoms with van der Waals surface area (Å²) >= 11 is 11.8. The first-order chi connectivity index (χ1) is 15.3. The van der Waals surface area contributed by atoms with Gasteiger partial charge in [0.15, 0.2) is 5.11 Å². The summed E-state index contributed by atoms with van der Waals surface area (Å²) in [5.41, 5.74) is 3.08. The summed E-state index contributed by atoms with van der Waals surface area (Å²) in [4.78, 5) is 21.7. The predicted octanol–water partition coefficient (Wildman–Crippen LogP) is 3.02. The first-order valence-corrected chi connectivity index (χ1v) is 11.2. The number of carbonyl (C=O) groups excluding carboxylic acids is 1. The first kappa shape index (κ1) is 22.2. The van der Waals surface area contributed by atoms with E-state index in [0.29, 0.717) is 28.2 Å². The highest BCUT2D eigenvalue weighted by molar-refractivity contribution is 7.80. The summed E-state index contributed by atoms with van der Waals surface area (Å²) in [6, 6.07) is 15.3. The number of benzodiazepines with no additional fused rings is 1. The van der Waals surface area contributed by atoms with Crippen LogP contribution in [0.25, 0.3) is 0 Å². The zero-order valence-corrected chi connectivity index (χ0v) is 19.5. The quantitative estimate of drug-likeness (QED) is 0.366. The molecule has 1 amide bonds. The van der Waals surface area contributed by atoms with Gasteiger partial charge in [-0.1, -0.05) is 41.9 Å².